The molecule has 16 heavy (non-hydrogen) atoms. The molecule has 86 valence electrons. The molecule has 0 aliphatic carbocycles. The topological polar surface area (TPSA) is 87.1 Å². The minimum Gasteiger partial charge on any atom is -0.384 e. The Hall–Kier alpha value is -1.31. The van der Waals surface area contributed by atoms with Crippen molar-refractivity contribution in [3.05, 3.63) is 16.2 Å². The van der Waals surface area contributed by atoms with Crippen molar-refractivity contribution in [3.63, 3.8) is 0 Å². The highest BCUT2D eigenvalue weighted by atomic mass is 32.1. The summed E-state index contributed by atoms with van der Waals surface area (Å²) < 4.78 is 10.0. The molecule has 2 rings (SSSR count). The molecule has 0 fully saturated rings. The second-order valence-corrected chi connectivity index (χ2v) is 4.03. The zero-order chi connectivity index (χ0) is 11.4. The van der Waals surface area contributed by atoms with Crippen LogP contribution in [0.25, 0.3) is 11.6 Å². The molecular weight excluding hydrogens is 228 g/mol. The quantitative estimate of drug-likeness (QED) is 0.833. The van der Waals surface area contributed by atoms with Crippen LogP contribution >= 0.6 is 11.3 Å². The molecule has 2 N–H and O–H groups in total. The van der Waals surface area contributed by atoms with Crippen molar-refractivity contribution >= 4 is 11.3 Å². The third kappa shape index (κ3) is 2.43. The second-order valence-electron chi connectivity index (χ2n) is 3.09. The zero-order valence-corrected chi connectivity index (χ0v) is 9.66. The molecule has 0 saturated carbocycles. The van der Waals surface area contributed by atoms with E-state index in [4.69, 9.17) is 15.0 Å². The number of nitrogens with zero attached hydrogens (tertiary/aromatic N) is 3. The highest BCUT2D eigenvalue weighted by molar-refractivity contribution is 7.09. The SMILES string of the molecule is COCCc1noc(-c2csc(CN)n2)n1. The molecule has 7 heteroatoms. The van der Waals surface area contributed by atoms with Crippen LogP contribution in [0.5, 0.6) is 0 Å². The number of rotatable bonds is 5. The fraction of sp³-hybridized carbons (Fsp3) is 0.444. The van der Waals surface area contributed by atoms with E-state index in [2.05, 4.69) is 15.1 Å². The zero-order valence-electron chi connectivity index (χ0n) is 8.84. The van der Waals surface area contributed by atoms with Crippen molar-refractivity contribution in [3.8, 4) is 11.6 Å². The Balaban J connectivity index is 2.11. The van der Waals surface area contributed by atoms with Crippen LogP contribution in [0.4, 0.5) is 0 Å². The molecule has 0 aliphatic rings. The number of nitrogens with two attached hydrogens (primary N) is 1. The van der Waals surface area contributed by atoms with E-state index in [1.54, 1.807) is 7.11 Å². The van der Waals surface area contributed by atoms with E-state index >= 15 is 0 Å². The Morgan fingerprint density at radius 1 is 1.50 bits per heavy atom. The summed E-state index contributed by atoms with van der Waals surface area (Å²) in [4.78, 5) is 8.47. The summed E-state index contributed by atoms with van der Waals surface area (Å²) in [6.45, 7) is 0.999. The van der Waals surface area contributed by atoms with E-state index in [0.717, 1.165) is 5.01 Å². The maximum atomic E-state index is 5.48. The molecule has 2 aromatic heterocycles. The van der Waals surface area contributed by atoms with Crippen LogP contribution in [-0.2, 0) is 17.7 Å². The lowest BCUT2D eigenvalue weighted by Gasteiger charge is -1.90. The van der Waals surface area contributed by atoms with Gasteiger partial charge in [-0.3, -0.25) is 0 Å². The van der Waals surface area contributed by atoms with Crippen molar-refractivity contribution in [2.45, 2.75) is 13.0 Å². The van der Waals surface area contributed by atoms with Gasteiger partial charge in [-0.25, -0.2) is 4.98 Å². The number of methoxy groups -OCH3 is 1. The molecule has 0 aliphatic heterocycles. The van der Waals surface area contributed by atoms with Gasteiger partial charge in [0.1, 0.15) is 10.7 Å². The van der Waals surface area contributed by atoms with Gasteiger partial charge in [0.05, 0.1) is 6.61 Å². The van der Waals surface area contributed by atoms with Crippen LogP contribution in [0.1, 0.15) is 10.8 Å². The number of hydrogen-bond acceptors (Lipinski definition) is 7. The Labute approximate surface area is 96.4 Å². The molecule has 0 atom stereocenters. The summed E-state index contributed by atoms with van der Waals surface area (Å²) in [6.07, 6.45) is 0.633. The minimum absolute atomic E-state index is 0.426. The van der Waals surface area contributed by atoms with Crippen molar-refractivity contribution in [2.24, 2.45) is 5.73 Å². The lowest BCUT2D eigenvalue weighted by atomic mass is 10.4. The molecule has 0 saturated heterocycles. The number of aromatic nitrogens is 3. The normalized spacial score (nSPS) is 10.9. The molecule has 0 aromatic carbocycles. The van der Waals surface area contributed by atoms with Crippen molar-refractivity contribution < 1.29 is 9.26 Å². The maximum absolute atomic E-state index is 5.48. The van der Waals surface area contributed by atoms with Gasteiger partial charge in [-0.1, -0.05) is 5.16 Å². The molecule has 0 radical (unpaired) electrons. The summed E-state index contributed by atoms with van der Waals surface area (Å²) in [7, 11) is 1.63. The monoisotopic (exact) mass is 240 g/mol. The highest BCUT2D eigenvalue weighted by Gasteiger charge is 2.11. The van der Waals surface area contributed by atoms with Gasteiger partial charge in [0.25, 0.3) is 5.89 Å². The largest absolute Gasteiger partial charge is 0.384 e. The molecule has 0 unspecified atom stereocenters. The van der Waals surface area contributed by atoms with Gasteiger partial charge in [-0.2, -0.15) is 4.98 Å². The third-order valence-corrected chi connectivity index (χ3v) is 2.81. The fourth-order valence-electron chi connectivity index (χ4n) is 1.16. The summed E-state index contributed by atoms with van der Waals surface area (Å²) in [5, 5.41) is 6.54. The van der Waals surface area contributed by atoms with Crippen LogP contribution in [0, 0.1) is 0 Å². The van der Waals surface area contributed by atoms with E-state index in [9.17, 15) is 0 Å². The molecule has 0 spiro atoms. The smallest absolute Gasteiger partial charge is 0.277 e. The Morgan fingerprint density at radius 3 is 3.06 bits per heavy atom. The van der Waals surface area contributed by atoms with E-state index in [1.807, 2.05) is 5.38 Å². The van der Waals surface area contributed by atoms with Crippen LogP contribution in [-0.4, -0.2) is 28.8 Å². The molecule has 6 nitrogen and oxygen atoms in total. The summed E-state index contributed by atoms with van der Waals surface area (Å²) in [5.41, 5.74) is 6.16. The summed E-state index contributed by atoms with van der Waals surface area (Å²) in [6, 6.07) is 0. The molecular formula is C9H12N4O2S. The average molecular weight is 240 g/mol. The average Bonchev–Trinajstić information content (AvgIpc) is 2.94. The predicted octanol–water partition coefficient (Wildman–Crippen LogP) is 0.841. The Bertz CT molecular complexity index is 454. The molecule has 0 bridgehead atoms. The number of hydrogen-bond donors (Lipinski definition) is 1. The van der Waals surface area contributed by atoms with Crippen LogP contribution in [0.2, 0.25) is 0 Å². The van der Waals surface area contributed by atoms with E-state index in [-0.39, 0.29) is 0 Å². The Kier molecular flexibility index (Phi) is 3.60. The van der Waals surface area contributed by atoms with Crippen molar-refractivity contribution in [2.75, 3.05) is 13.7 Å². The van der Waals surface area contributed by atoms with Gasteiger partial charge in [0.15, 0.2) is 5.82 Å². The molecule has 2 heterocycles. The highest BCUT2D eigenvalue weighted by Crippen LogP contribution is 2.19. The molecule has 2 aromatic rings. The maximum Gasteiger partial charge on any atom is 0.277 e. The second kappa shape index (κ2) is 5.15. The van der Waals surface area contributed by atoms with Crippen LogP contribution in [0.3, 0.4) is 0 Å². The van der Waals surface area contributed by atoms with Gasteiger partial charge in [-0.05, 0) is 0 Å². The fourth-order valence-corrected chi connectivity index (χ4v) is 1.80. The van der Waals surface area contributed by atoms with E-state index in [1.165, 1.54) is 11.3 Å². The lowest BCUT2D eigenvalue weighted by molar-refractivity contribution is 0.199. The van der Waals surface area contributed by atoms with E-state index < -0.39 is 0 Å². The third-order valence-electron chi connectivity index (χ3n) is 1.94. The van der Waals surface area contributed by atoms with Gasteiger partial charge in [-0.15, -0.1) is 11.3 Å². The van der Waals surface area contributed by atoms with Crippen molar-refractivity contribution in [1.82, 2.24) is 15.1 Å². The van der Waals surface area contributed by atoms with E-state index in [0.29, 0.717) is 37.0 Å². The van der Waals surface area contributed by atoms with Gasteiger partial charge >= 0.3 is 0 Å². The standard InChI is InChI=1S/C9H12N4O2S/c1-14-3-2-7-12-9(15-13-7)6-5-16-8(4-10)11-6/h5H,2-4,10H2,1H3. The first-order valence-corrected chi connectivity index (χ1v) is 5.68. The van der Waals surface area contributed by atoms with Crippen molar-refractivity contribution in [1.29, 1.82) is 0 Å². The van der Waals surface area contributed by atoms with Gasteiger partial charge < -0.3 is 15.0 Å². The first-order valence-electron chi connectivity index (χ1n) is 4.80. The first-order chi connectivity index (χ1) is 7.83. The van der Waals surface area contributed by atoms with Crippen LogP contribution in [0.15, 0.2) is 9.90 Å². The number of ether oxygens (including phenoxy) is 1. The van der Waals surface area contributed by atoms with Crippen LogP contribution < -0.4 is 5.73 Å². The van der Waals surface area contributed by atoms with Gasteiger partial charge in [0, 0.05) is 25.5 Å². The predicted molar refractivity (Wildman–Crippen MR) is 58.9 cm³/mol. The number of thiazole rings is 1. The summed E-state index contributed by atoms with van der Waals surface area (Å²) in [5.74, 6) is 1.06. The first kappa shape index (κ1) is 11.2. The minimum atomic E-state index is 0.426. The molecule has 0 amide bonds. The lowest BCUT2D eigenvalue weighted by Crippen LogP contribution is -1.96. The summed E-state index contributed by atoms with van der Waals surface area (Å²) >= 11 is 1.48. The van der Waals surface area contributed by atoms with Gasteiger partial charge in [0.2, 0.25) is 0 Å². The Morgan fingerprint density at radius 2 is 2.38 bits per heavy atom.